The zero-order valence-corrected chi connectivity index (χ0v) is 40.0. The molecule has 352 valence electrons. The molecule has 0 spiro atoms. The molecule has 60 heavy (non-hydrogen) atoms. The molecular weight excluding hydrogens is 772 g/mol. The van der Waals surface area contributed by atoms with E-state index in [1.54, 1.807) is 0 Å². The molecule has 0 rings (SSSR count). The molecule has 2 N–H and O–H groups in total. The van der Waals surface area contributed by atoms with E-state index >= 15 is 0 Å². The SMILES string of the molecule is CCCCC/C=C/C/C=C/CCCCCCCCCCCC(=O)OC[C@H](COP(=O)(O)O)OC(=O)CCC/C=C/CCCCCCCCCCCCCCCCCCCC. The Morgan fingerprint density at radius 2 is 0.767 bits per heavy atom. The number of phosphoric acid groups is 1. The average Bonchev–Trinajstić information content (AvgIpc) is 3.22. The fourth-order valence-electron chi connectivity index (χ4n) is 7.35. The van der Waals surface area contributed by atoms with Crippen LogP contribution in [-0.2, 0) is 28.2 Å². The average molecular weight is 867 g/mol. The molecule has 0 radical (unpaired) electrons. The second-order valence-corrected chi connectivity index (χ2v) is 18.4. The molecule has 1 atom stereocenters. The number of esters is 2. The van der Waals surface area contributed by atoms with Crippen molar-refractivity contribution in [3.05, 3.63) is 36.5 Å². The van der Waals surface area contributed by atoms with E-state index in [9.17, 15) is 14.2 Å². The van der Waals surface area contributed by atoms with Crippen LogP contribution < -0.4 is 0 Å². The summed E-state index contributed by atoms with van der Waals surface area (Å²) in [5.74, 6) is -0.917. The molecule has 0 saturated carbocycles. The second-order valence-electron chi connectivity index (χ2n) is 17.1. The van der Waals surface area contributed by atoms with Crippen molar-refractivity contribution in [3.63, 3.8) is 0 Å². The first-order chi connectivity index (χ1) is 29.3. The molecule has 0 aliphatic heterocycles. The van der Waals surface area contributed by atoms with Crippen LogP contribution in [0.2, 0.25) is 0 Å². The lowest BCUT2D eigenvalue weighted by Crippen LogP contribution is -2.29. The summed E-state index contributed by atoms with van der Waals surface area (Å²) in [6.45, 7) is 3.68. The number of hydrogen-bond acceptors (Lipinski definition) is 6. The van der Waals surface area contributed by atoms with Crippen LogP contribution in [0, 0.1) is 0 Å². The molecule has 8 nitrogen and oxygen atoms in total. The molecule has 9 heteroatoms. The first kappa shape index (κ1) is 58.3. The zero-order valence-electron chi connectivity index (χ0n) is 39.1. The van der Waals surface area contributed by atoms with Crippen molar-refractivity contribution in [2.24, 2.45) is 0 Å². The first-order valence-corrected chi connectivity index (χ1v) is 26.8. The minimum absolute atomic E-state index is 0.165. The van der Waals surface area contributed by atoms with E-state index in [0.717, 1.165) is 51.4 Å². The van der Waals surface area contributed by atoms with Gasteiger partial charge in [0.2, 0.25) is 0 Å². The Bertz CT molecular complexity index is 1070. The minimum Gasteiger partial charge on any atom is -0.462 e. The number of unbranched alkanes of at least 4 members (excludes halogenated alkanes) is 31. The number of carbonyl (C=O) groups excluding carboxylic acids is 2. The summed E-state index contributed by atoms with van der Waals surface area (Å²) in [6, 6.07) is 0. The number of carbonyl (C=O) groups is 2. The third-order valence-corrected chi connectivity index (χ3v) is 11.6. The smallest absolute Gasteiger partial charge is 0.462 e. The highest BCUT2D eigenvalue weighted by atomic mass is 31.2. The molecule has 0 heterocycles. The fourth-order valence-corrected chi connectivity index (χ4v) is 7.71. The highest BCUT2D eigenvalue weighted by Gasteiger charge is 2.22. The lowest BCUT2D eigenvalue weighted by Gasteiger charge is -2.18. The standard InChI is InChI=1S/C51H95O8P/c1-3-5-7-9-11-13-15-17-19-21-23-24-25-26-28-30-32-34-36-38-40-42-44-46-51(53)59-49(48-58-60(54,55)56)47-57-50(52)45-43-41-39-37-35-33-31-29-27-22-20-18-16-14-12-10-8-6-4-2/h12,14,18,20,38,40,49H,3-11,13,15-17,19,21-37,39,41-48H2,1-2H3,(H2,54,55,56)/b14-12+,20-18+,40-38+/t49-/m1/s1. The van der Waals surface area contributed by atoms with E-state index in [-0.39, 0.29) is 19.4 Å². The normalized spacial score (nSPS) is 12.7. The van der Waals surface area contributed by atoms with Crippen LogP contribution >= 0.6 is 7.82 Å². The first-order valence-electron chi connectivity index (χ1n) is 25.3. The number of ether oxygens (including phenoxy) is 2. The topological polar surface area (TPSA) is 119 Å². The van der Waals surface area contributed by atoms with Crippen molar-refractivity contribution in [1.82, 2.24) is 0 Å². The van der Waals surface area contributed by atoms with Crippen molar-refractivity contribution >= 4 is 19.8 Å². The highest BCUT2D eigenvalue weighted by Crippen LogP contribution is 2.36. The van der Waals surface area contributed by atoms with Crippen molar-refractivity contribution in [2.75, 3.05) is 13.2 Å². The minimum atomic E-state index is -4.77. The summed E-state index contributed by atoms with van der Waals surface area (Å²) in [4.78, 5) is 43.0. The van der Waals surface area contributed by atoms with E-state index in [1.807, 2.05) is 0 Å². The van der Waals surface area contributed by atoms with Crippen molar-refractivity contribution in [1.29, 1.82) is 0 Å². The number of hydrogen-bond donors (Lipinski definition) is 2. The second kappa shape index (κ2) is 46.8. The predicted molar refractivity (Wildman–Crippen MR) is 253 cm³/mol. The van der Waals surface area contributed by atoms with Gasteiger partial charge in [0, 0.05) is 12.8 Å². The number of phosphoric ester groups is 1. The van der Waals surface area contributed by atoms with Crippen LogP contribution in [0.4, 0.5) is 0 Å². The van der Waals surface area contributed by atoms with E-state index in [4.69, 9.17) is 19.3 Å². The van der Waals surface area contributed by atoms with Crippen molar-refractivity contribution in [2.45, 2.75) is 264 Å². The van der Waals surface area contributed by atoms with Gasteiger partial charge in [-0.25, -0.2) is 4.57 Å². The van der Waals surface area contributed by atoms with Gasteiger partial charge in [0.1, 0.15) is 6.61 Å². The van der Waals surface area contributed by atoms with Crippen LogP contribution in [0.25, 0.3) is 0 Å². The van der Waals surface area contributed by atoms with Gasteiger partial charge in [0.25, 0.3) is 0 Å². The molecule has 0 fully saturated rings. The monoisotopic (exact) mass is 867 g/mol. The maximum absolute atomic E-state index is 12.5. The maximum atomic E-state index is 12.5. The molecule has 0 aromatic carbocycles. The summed E-state index contributed by atoms with van der Waals surface area (Å²) in [5, 5.41) is 0. The Hall–Kier alpha value is -1.73. The molecule has 0 aromatic rings. The quantitative estimate of drug-likeness (QED) is 0.0269. The van der Waals surface area contributed by atoms with Crippen LogP contribution in [0.1, 0.15) is 258 Å². The van der Waals surface area contributed by atoms with Gasteiger partial charge < -0.3 is 19.3 Å². The van der Waals surface area contributed by atoms with Crippen LogP contribution in [0.3, 0.4) is 0 Å². The fraction of sp³-hybridized carbons (Fsp3) is 0.843. The molecule has 0 aliphatic carbocycles. The number of allylic oxidation sites excluding steroid dienone is 6. The largest absolute Gasteiger partial charge is 0.469 e. The highest BCUT2D eigenvalue weighted by molar-refractivity contribution is 7.46. The lowest BCUT2D eigenvalue weighted by atomic mass is 10.0. The Labute approximate surface area is 370 Å². The van der Waals surface area contributed by atoms with E-state index in [2.05, 4.69) is 54.8 Å². The van der Waals surface area contributed by atoms with Gasteiger partial charge in [-0.2, -0.15) is 0 Å². The van der Waals surface area contributed by atoms with Gasteiger partial charge in [-0.15, -0.1) is 0 Å². The Kier molecular flexibility index (Phi) is 45.4. The summed E-state index contributed by atoms with van der Waals surface area (Å²) >= 11 is 0. The number of rotatable bonds is 47. The summed E-state index contributed by atoms with van der Waals surface area (Å²) < 4.78 is 26.5. The molecule has 0 amide bonds. The van der Waals surface area contributed by atoms with Crippen LogP contribution in [-0.4, -0.2) is 41.0 Å². The Morgan fingerprint density at radius 1 is 0.433 bits per heavy atom. The molecule has 0 aliphatic rings. The van der Waals surface area contributed by atoms with Gasteiger partial charge in [0.05, 0.1) is 6.61 Å². The Balaban J connectivity index is 3.84. The van der Waals surface area contributed by atoms with E-state index in [1.165, 1.54) is 173 Å². The summed E-state index contributed by atoms with van der Waals surface area (Å²) in [5.41, 5.74) is 0. The van der Waals surface area contributed by atoms with E-state index < -0.39 is 32.5 Å². The van der Waals surface area contributed by atoms with Gasteiger partial charge in [-0.05, 0) is 64.2 Å². The van der Waals surface area contributed by atoms with E-state index in [0.29, 0.717) is 6.42 Å². The lowest BCUT2D eigenvalue weighted by molar-refractivity contribution is -0.161. The maximum Gasteiger partial charge on any atom is 0.469 e. The van der Waals surface area contributed by atoms with Gasteiger partial charge in [0.15, 0.2) is 6.10 Å². The Morgan fingerprint density at radius 3 is 1.20 bits per heavy atom. The molecule has 0 aromatic heterocycles. The van der Waals surface area contributed by atoms with Gasteiger partial charge in [-0.3, -0.25) is 14.1 Å². The summed E-state index contributed by atoms with van der Waals surface area (Å²) in [6.07, 6.45) is 57.4. The van der Waals surface area contributed by atoms with Crippen LogP contribution in [0.15, 0.2) is 36.5 Å². The third-order valence-electron chi connectivity index (χ3n) is 11.1. The van der Waals surface area contributed by atoms with Gasteiger partial charge in [-0.1, -0.05) is 217 Å². The van der Waals surface area contributed by atoms with Gasteiger partial charge >= 0.3 is 19.8 Å². The molecule has 0 saturated heterocycles. The van der Waals surface area contributed by atoms with Crippen molar-refractivity contribution < 1.29 is 37.9 Å². The summed E-state index contributed by atoms with van der Waals surface area (Å²) in [7, 11) is -4.77. The molecule has 0 unspecified atom stereocenters. The van der Waals surface area contributed by atoms with Crippen LogP contribution in [0.5, 0.6) is 0 Å². The molecular formula is C51H95O8P. The zero-order chi connectivity index (χ0) is 43.9. The third kappa shape index (κ3) is 48.9. The molecule has 0 bridgehead atoms. The predicted octanol–water partition coefficient (Wildman–Crippen LogP) is 16.1. The van der Waals surface area contributed by atoms with Crippen molar-refractivity contribution in [3.8, 4) is 0 Å².